The van der Waals surface area contributed by atoms with Crippen LogP contribution in [0.3, 0.4) is 0 Å². The Bertz CT molecular complexity index is 998. The van der Waals surface area contributed by atoms with Gasteiger partial charge < -0.3 is 20.0 Å². The number of likely N-dealkylation sites (tertiary alicyclic amines) is 1. The van der Waals surface area contributed by atoms with Gasteiger partial charge in [-0.2, -0.15) is 18.4 Å². The number of alkyl halides is 3. The van der Waals surface area contributed by atoms with Crippen LogP contribution in [0.2, 0.25) is 0 Å². The molecular formula is C22H24F3N5O3. The molecule has 1 aliphatic carbocycles. The van der Waals surface area contributed by atoms with Gasteiger partial charge in [0.05, 0.1) is 24.7 Å². The van der Waals surface area contributed by atoms with Crippen molar-refractivity contribution in [3.8, 4) is 6.07 Å². The first-order chi connectivity index (χ1) is 15.6. The van der Waals surface area contributed by atoms with E-state index in [1.165, 1.54) is 33.9 Å². The highest BCUT2D eigenvalue weighted by Crippen LogP contribution is 2.39. The minimum atomic E-state index is -4.47. The van der Waals surface area contributed by atoms with Gasteiger partial charge >= 0.3 is 12.2 Å². The number of carbonyl (C=O) groups excluding carboxylic acids is 3. The molecule has 33 heavy (non-hydrogen) atoms. The average molecular weight is 463 g/mol. The lowest BCUT2D eigenvalue weighted by molar-refractivity contribution is -0.179. The molecule has 1 aromatic rings. The molecule has 4 rings (SSSR count). The molecule has 0 radical (unpaired) electrons. The molecule has 1 saturated carbocycles. The third-order valence-corrected chi connectivity index (χ3v) is 6.84. The number of piperazine rings is 1. The van der Waals surface area contributed by atoms with E-state index in [1.54, 1.807) is 0 Å². The Labute approximate surface area is 188 Å². The number of halogens is 3. The van der Waals surface area contributed by atoms with Gasteiger partial charge in [0, 0.05) is 25.6 Å². The van der Waals surface area contributed by atoms with Gasteiger partial charge in [-0.15, -0.1) is 0 Å². The number of nitrogens with zero attached hydrogens (tertiary/aromatic N) is 4. The number of carbonyl (C=O) groups is 3. The lowest BCUT2D eigenvalue weighted by Gasteiger charge is -2.58. The molecule has 0 aromatic heterocycles. The average Bonchev–Trinajstić information content (AvgIpc) is 3.23. The lowest BCUT2D eigenvalue weighted by atomic mass is 9.82. The van der Waals surface area contributed by atoms with E-state index in [2.05, 4.69) is 11.4 Å². The highest BCUT2D eigenvalue weighted by molar-refractivity contribution is 6.00. The summed E-state index contributed by atoms with van der Waals surface area (Å²) >= 11 is 0. The largest absolute Gasteiger partial charge is 0.416 e. The third kappa shape index (κ3) is 3.98. The quantitative estimate of drug-likeness (QED) is 0.741. The topological polar surface area (TPSA) is 96.7 Å². The van der Waals surface area contributed by atoms with E-state index in [4.69, 9.17) is 0 Å². The van der Waals surface area contributed by atoms with E-state index in [0.717, 1.165) is 12.1 Å². The van der Waals surface area contributed by atoms with Crippen LogP contribution in [-0.2, 0) is 22.3 Å². The number of urea groups is 1. The second-order valence-corrected chi connectivity index (χ2v) is 8.84. The Balaban J connectivity index is 1.59. The van der Waals surface area contributed by atoms with Gasteiger partial charge in [-0.3, -0.25) is 9.59 Å². The summed E-state index contributed by atoms with van der Waals surface area (Å²) < 4.78 is 38.7. The fraction of sp³-hybridized carbons (Fsp3) is 0.545. The highest BCUT2D eigenvalue weighted by Gasteiger charge is 2.61. The molecule has 2 heterocycles. The zero-order valence-electron chi connectivity index (χ0n) is 18.1. The van der Waals surface area contributed by atoms with E-state index in [0.29, 0.717) is 24.8 Å². The lowest BCUT2D eigenvalue weighted by Crippen LogP contribution is -2.82. The molecule has 0 bridgehead atoms. The monoisotopic (exact) mass is 463 g/mol. The second-order valence-electron chi connectivity index (χ2n) is 8.84. The molecule has 11 heteroatoms. The highest BCUT2D eigenvalue weighted by atomic mass is 19.4. The summed E-state index contributed by atoms with van der Waals surface area (Å²) in [6, 6.07) is 6.11. The van der Waals surface area contributed by atoms with Crippen molar-refractivity contribution in [3.63, 3.8) is 0 Å². The number of rotatable bonds is 3. The van der Waals surface area contributed by atoms with Crippen LogP contribution in [0.5, 0.6) is 0 Å². The Hall–Kier alpha value is -3.29. The summed E-state index contributed by atoms with van der Waals surface area (Å²) in [4.78, 5) is 43.3. The number of hydrogen-bond donors (Lipinski definition) is 1. The normalized spacial score (nSPS) is 24.6. The molecule has 1 spiro atoms. The number of benzene rings is 1. The first kappa shape index (κ1) is 22.9. The van der Waals surface area contributed by atoms with Crippen LogP contribution in [0.15, 0.2) is 24.3 Å². The standard InChI is InChI=1S/C22H24F3N5O3/c1-27-20(33)28-12-21(13-28)19(32)29(17-7-4-15(8-17)9-26)11-18(31)30(21)10-14-2-5-16(6-3-14)22(23,24)25/h2-3,5-6,15,17H,4,7-8,10-13H2,1H3,(H,27,33)/t15-,17+/m1/s1. The van der Waals surface area contributed by atoms with E-state index in [9.17, 15) is 32.8 Å². The molecule has 1 N–H and O–H groups in total. The molecule has 176 valence electrons. The Morgan fingerprint density at radius 2 is 1.88 bits per heavy atom. The van der Waals surface area contributed by atoms with Crippen LogP contribution >= 0.6 is 0 Å². The fourth-order valence-electron chi connectivity index (χ4n) is 4.99. The van der Waals surface area contributed by atoms with Crippen molar-refractivity contribution in [3.05, 3.63) is 35.4 Å². The summed E-state index contributed by atoms with van der Waals surface area (Å²) in [6.07, 6.45) is -2.68. The molecule has 3 fully saturated rings. The maximum absolute atomic E-state index is 13.6. The van der Waals surface area contributed by atoms with Gasteiger partial charge in [0.2, 0.25) is 5.91 Å². The summed E-state index contributed by atoms with van der Waals surface area (Å²) in [5.74, 6) is -0.771. The minimum Gasteiger partial charge on any atom is -0.341 e. The predicted molar refractivity (Wildman–Crippen MR) is 109 cm³/mol. The van der Waals surface area contributed by atoms with Crippen LogP contribution in [-0.4, -0.2) is 70.8 Å². The zero-order valence-corrected chi connectivity index (χ0v) is 18.1. The van der Waals surface area contributed by atoms with Crippen molar-refractivity contribution >= 4 is 17.8 Å². The molecule has 1 aromatic carbocycles. The van der Waals surface area contributed by atoms with Crippen LogP contribution < -0.4 is 5.32 Å². The van der Waals surface area contributed by atoms with Crippen molar-refractivity contribution in [2.75, 3.05) is 26.7 Å². The Kier molecular flexibility index (Phi) is 5.72. The maximum atomic E-state index is 13.6. The molecule has 0 unspecified atom stereocenters. The molecule has 3 aliphatic rings. The molecule has 4 amide bonds. The van der Waals surface area contributed by atoms with Crippen LogP contribution in [0.4, 0.5) is 18.0 Å². The smallest absolute Gasteiger partial charge is 0.341 e. The molecule has 8 nitrogen and oxygen atoms in total. The van der Waals surface area contributed by atoms with Gasteiger partial charge in [-0.25, -0.2) is 4.79 Å². The minimum absolute atomic E-state index is 0.00276. The second kappa shape index (κ2) is 8.24. The summed E-state index contributed by atoms with van der Waals surface area (Å²) in [6.45, 7) is -0.181. The van der Waals surface area contributed by atoms with Gasteiger partial charge in [0.25, 0.3) is 5.91 Å². The predicted octanol–water partition coefficient (Wildman–Crippen LogP) is 1.96. The van der Waals surface area contributed by atoms with Crippen LogP contribution in [0, 0.1) is 17.2 Å². The molecule has 2 aliphatic heterocycles. The summed E-state index contributed by atoms with van der Waals surface area (Å²) in [5, 5.41) is 11.7. The molecule has 2 saturated heterocycles. The number of nitriles is 1. The van der Waals surface area contributed by atoms with Gasteiger partial charge in [0.1, 0.15) is 6.54 Å². The fourth-order valence-corrected chi connectivity index (χ4v) is 4.99. The van der Waals surface area contributed by atoms with Gasteiger partial charge in [0.15, 0.2) is 5.54 Å². The van der Waals surface area contributed by atoms with Crippen molar-refractivity contribution in [2.45, 2.75) is 43.6 Å². The summed E-state index contributed by atoms with van der Waals surface area (Å²) in [7, 11) is 1.47. The summed E-state index contributed by atoms with van der Waals surface area (Å²) in [5.41, 5.74) is -1.60. The van der Waals surface area contributed by atoms with E-state index in [-0.39, 0.29) is 56.0 Å². The zero-order chi connectivity index (χ0) is 24.0. The number of hydrogen-bond acceptors (Lipinski definition) is 4. The number of amides is 4. The Morgan fingerprint density at radius 1 is 1.21 bits per heavy atom. The first-order valence-corrected chi connectivity index (χ1v) is 10.7. The van der Waals surface area contributed by atoms with Gasteiger partial charge in [-0.1, -0.05) is 12.1 Å². The number of nitrogens with one attached hydrogen (secondary N) is 1. The van der Waals surface area contributed by atoms with Crippen LogP contribution in [0.1, 0.15) is 30.4 Å². The third-order valence-electron chi connectivity index (χ3n) is 6.84. The van der Waals surface area contributed by atoms with Gasteiger partial charge in [-0.05, 0) is 37.0 Å². The van der Waals surface area contributed by atoms with E-state index in [1.807, 2.05) is 0 Å². The van der Waals surface area contributed by atoms with Crippen molar-refractivity contribution in [1.29, 1.82) is 5.26 Å². The van der Waals surface area contributed by atoms with Crippen molar-refractivity contribution in [1.82, 2.24) is 20.0 Å². The van der Waals surface area contributed by atoms with Crippen LogP contribution in [0.25, 0.3) is 0 Å². The SMILES string of the molecule is CNC(=O)N1CC2(C1)C(=O)N([C@H]1CC[C@@H](C#N)C1)CC(=O)N2Cc1ccc(C(F)(F)F)cc1. The first-order valence-electron chi connectivity index (χ1n) is 10.7. The van der Waals surface area contributed by atoms with Crippen molar-refractivity contribution < 1.29 is 27.6 Å². The maximum Gasteiger partial charge on any atom is 0.416 e. The van der Waals surface area contributed by atoms with E-state index >= 15 is 0 Å². The van der Waals surface area contributed by atoms with E-state index < -0.39 is 17.3 Å². The Morgan fingerprint density at radius 3 is 2.42 bits per heavy atom. The van der Waals surface area contributed by atoms with Crippen molar-refractivity contribution in [2.24, 2.45) is 5.92 Å². The molecule has 2 atom stereocenters. The molecular weight excluding hydrogens is 439 g/mol.